The van der Waals surface area contributed by atoms with E-state index >= 15 is 0 Å². The van der Waals surface area contributed by atoms with Crippen molar-refractivity contribution in [1.82, 2.24) is 5.32 Å². The molecule has 1 aromatic carbocycles. The number of nitrogens with one attached hydrogen (secondary N) is 2. The molecule has 0 aliphatic carbocycles. The average molecular weight is 301 g/mol. The van der Waals surface area contributed by atoms with Crippen molar-refractivity contribution in [1.29, 1.82) is 5.26 Å². The molecule has 0 unspecified atom stereocenters. The smallest absolute Gasteiger partial charge is 0.319 e. The maximum atomic E-state index is 11.7. The van der Waals surface area contributed by atoms with E-state index in [-0.39, 0.29) is 6.03 Å². The molecule has 0 radical (unpaired) electrons. The van der Waals surface area contributed by atoms with Crippen LogP contribution in [0.2, 0.25) is 0 Å². The number of urea groups is 1. The van der Waals surface area contributed by atoms with Gasteiger partial charge in [0.05, 0.1) is 12.5 Å². The Labute approximate surface area is 133 Å². The van der Waals surface area contributed by atoms with Gasteiger partial charge in [0.15, 0.2) is 0 Å². The highest BCUT2D eigenvalue weighted by Crippen LogP contribution is 2.10. The number of hydrogen-bond donors (Lipinski definition) is 2. The molecule has 0 aromatic heterocycles. The summed E-state index contributed by atoms with van der Waals surface area (Å²) in [5.41, 5.74) is 1.70. The van der Waals surface area contributed by atoms with Crippen LogP contribution in [0.3, 0.4) is 0 Å². The van der Waals surface area contributed by atoms with Crippen molar-refractivity contribution in [2.75, 3.05) is 11.9 Å². The summed E-state index contributed by atoms with van der Waals surface area (Å²) in [6.45, 7) is 5.21. The molecule has 1 aromatic rings. The molecule has 2 amide bonds. The van der Waals surface area contributed by atoms with Crippen LogP contribution in [0.4, 0.5) is 10.5 Å². The molecule has 0 saturated heterocycles. The summed E-state index contributed by atoms with van der Waals surface area (Å²) in [5.74, 6) is 0.781. The van der Waals surface area contributed by atoms with Crippen LogP contribution in [-0.4, -0.2) is 12.6 Å². The van der Waals surface area contributed by atoms with E-state index in [0.717, 1.165) is 30.0 Å². The van der Waals surface area contributed by atoms with Gasteiger partial charge in [0.2, 0.25) is 0 Å². The lowest BCUT2D eigenvalue weighted by Gasteiger charge is -2.08. The Morgan fingerprint density at radius 3 is 2.45 bits per heavy atom. The number of amides is 2. The molecular weight excluding hydrogens is 274 g/mol. The van der Waals surface area contributed by atoms with Gasteiger partial charge in [0, 0.05) is 12.2 Å². The quantitative estimate of drug-likeness (QED) is 0.660. The molecule has 0 saturated carbocycles. The van der Waals surface area contributed by atoms with Gasteiger partial charge in [-0.3, -0.25) is 0 Å². The van der Waals surface area contributed by atoms with Gasteiger partial charge in [-0.15, -0.1) is 0 Å². The number of nitriles is 1. The molecule has 0 aliphatic heterocycles. The van der Waals surface area contributed by atoms with E-state index in [2.05, 4.69) is 30.6 Å². The zero-order valence-corrected chi connectivity index (χ0v) is 13.7. The summed E-state index contributed by atoms with van der Waals surface area (Å²) in [5, 5.41) is 14.3. The van der Waals surface area contributed by atoms with Gasteiger partial charge in [-0.05, 0) is 30.0 Å². The summed E-state index contributed by atoms with van der Waals surface area (Å²) < 4.78 is 0. The van der Waals surface area contributed by atoms with Crippen molar-refractivity contribution in [3.05, 3.63) is 29.8 Å². The van der Waals surface area contributed by atoms with Gasteiger partial charge < -0.3 is 10.6 Å². The number of unbranched alkanes of at least 4 members (excludes halogenated alkanes) is 3. The number of hydrogen-bond acceptors (Lipinski definition) is 2. The Morgan fingerprint density at radius 2 is 1.82 bits per heavy atom. The third kappa shape index (κ3) is 8.31. The number of nitrogens with zero attached hydrogens (tertiary/aromatic N) is 1. The monoisotopic (exact) mass is 301 g/mol. The molecule has 0 heterocycles. The van der Waals surface area contributed by atoms with Crippen LogP contribution in [-0.2, 0) is 6.42 Å². The predicted octanol–water partition coefficient (Wildman–Crippen LogP) is 4.48. The number of carbonyl (C=O) groups is 1. The molecule has 1 rings (SSSR count). The van der Waals surface area contributed by atoms with Crippen molar-refractivity contribution >= 4 is 11.7 Å². The Balaban J connectivity index is 2.12. The third-order valence-electron chi connectivity index (χ3n) is 3.49. The second-order valence-corrected chi connectivity index (χ2v) is 6.01. The number of benzene rings is 1. The van der Waals surface area contributed by atoms with Crippen LogP contribution >= 0.6 is 0 Å². The van der Waals surface area contributed by atoms with Gasteiger partial charge in [0.25, 0.3) is 0 Å². The van der Waals surface area contributed by atoms with Gasteiger partial charge in [0.1, 0.15) is 0 Å². The molecular formula is C18H27N3O. The number of rotatable bonds is 9. The molecule has 0 spiro atoms. The molecule has 0 atom stereocenters. The van der Waals surface area contributed by atoms with Crippen LogP contribution in [0.5, 0.6) is 0 Å². The van der Waals surface area contributed by atoms with E-state index in [1.54, 1.807) is 0 Å². The minimum Gasteiger partial charge on any atom is -0.338 e. The van der Waals surface area contributed by atoms with Crippen molar-refractivity contribution in [3.63, 3.8) is 0 Å². The van der Waals surface area contributed by atoms with Crippen molar-refractivity contribution in [3.8, 4) is 6.07 Å². The van der Waals surface area contributed by atoms with Crippen molar-refractivity contribution in [2.24, 2.45) is 5.92 Å². The Bertz CT molecular complexity index is 474. The zero-order valence-electron chi connectivity index (χ0n) is 13.7. The Kier molecular flexibility index (Phi) is 8.74. The molecule has 0 aliphatic rings. The lowest BCUT2D eigenvalue weighted by Crippen LogP contribution is -2.29. The first-order chi connectivity index (χ1) is 10.6. The third-order valence-corrected chi connectivity index (χ3v) is 3.49. The molecule has 4 nitrogen and oxygen atoms in total. The second-order valence-electron chi connectivity index (χ2n) is 6.01. The SMILES string of the molecule is CC(C)CCCCCCNC(=O)Nc1ccc(CC#N)cc1. The maximum absolute atomic E-state index is 11.7. The summed E-state index contributed by atoms with van der Waals surface area (Å²) in [6, 6.07) is 9.27. The fourth-order valence-corrected chi connectivity index (χ4v) is 2.21. The molecule has 0 bridgehead atoms. The van der Waals surface area contributed by atoms with Crippen molar-refractivity contribution in [2.45, 2.75) is 52.4 Å². The van der Waals surface area contributed by atoms with E-state index in [0.29, 0.717) is 13.0 Å². The Morgan fingerprint density at radius 1 is 1.14 bits per heavy atom. The van der Waals surface area contributed by atoms with E-state index in [1.807, 2.05) is 24.3 Å². The first-order valence-corrected chi connectivity index (χ1v) is 8.12. The van der Waals surface area contributed by atoms with Gasteiger partial charge in [-0.2, -0.15) is 5.26 Å². The van der Waals surface area contributed by atoms with Crippen molar-refractivity contribution < 1.29 is 4.79 Å². The number of anilines is 1. The lowest BCUT2D eigenvalue weighted by molar-refractivity contribution is 0.252. The topological polar surface area (TPSA) is 64.9 Å². The van der Waals surface area contributed by atoms with Crippen LogP contribution in [0.25, 0.3) is 0 Å². The second kappa shape index (κ2) is 10.7. The van der Waals surface area contributed by atoms with Gasteiger partial charge in [-0.25, -0.2) is 4.79 Å². The van der Waals surface area contributed by atoms with Crippen LogP contribution in [0.1, 0.15) is 51.5 Å². The largest absolute Gasteiger partial charge is 0.338 e. The minimum atomic E-state index is -0.171. The minimum absolute atomic E-state index is 0.171. The van der Waals surface area contributed by atoms with E-state index in [4.69, 9.17) is 5.26 Å². The molecule has 4 heteroatoms. The molecule has 0 fully saturated rings. The highest BCUT2D eigenvalue weighted by molar-refractivity contribution is 5.89. The summed E-state index contributed by atoms with van der Waals surface area (Å²) in [7, 11) is 0. The fraction of sp³-hybridized carbons (Fsp3) is 0.556. The lowest BCUT2D eigenvalue weighted by atomic mass is 10.0. The first kappa shape index (κ1) is 18.0. The van der Waals surface area contributed by atoms with Gasteiger partial charge in [-0.1, -0.05) is 51.7 Å². The maximum Gasteiger partial charge on any atom is 0.319 e. The summed E-state index contributed by atoms with van der Waals surface area (Å²) in [4.78, 5) is 11.7. The van der Waals surface area contributed by atoms with Crippen LogP contribution in [0, 0.1) is 17.2 Å². The molecule has 120 valence electrons. The first-order valence-electron chi connectivity index (χ1n) is 8.12. The average Bonchev–Trinajstić information content (AvgIpc) is 2.48. The van der Waals surface area contributed by atoms with Crippen LogP contribution in [0.15, 0.2) is 24.3 Å². The highest BCUT2D eigenvalue weighted by Gasteiger charge is 2.01. The highest BCUT2D eigenvalue weighted by atomic mass is 16.2. The zero-order chi connectivity index (χ0) is 16.2. The van der Waals surface area contributed by atoms with Crippen LogP contribution < -0.4 is 10.6 Å². The molecule has 2 N–H and O–H groups in total. The summed E-state index contributed by atoms with van der Waals surface area (Å²) in [6.07, 6.45) is 6.38. The molecule has 22 heavy (non-hydrogen) atoms. The standard InChI is InChI=1S/C18H27N3O/c1-15(2)7-5-3-4-6-14-20-18(22)21-17-10-8-16(9-11-17)12-13-19/h8-11,15H,3-7,12,14H2,1-2H3,(H2,20,21,22). The fourth-order valence-electron chi connectivity index (χ4n) is 2.21. The van der Waals surface area contributed by atoms with Gasteiger partial charge >= 0.3 is 6.03 Å². The normalized spacial score (nSPS) is 10.3. The van der Waals surface area contributed by atoms with E-state index in [9.17, 15) is 4.79 Å². The summed E-state index contributed by atoms with van der Waals surface area (Å²) >= 11 is 0. The van der Waals surface area contributed by atoms with E-state index < -0.39 is 0 Å². The predicted molar refractivity (Wildman–Crippen MR) is 90.7 cm³/mol. The Hall–Kier alpha value is -2.02. The van der Waals surface area contributed by atoms with E-state index in [1.165, 1.54) is 19.3 Å². The number of carbonyl (C=O) groups excluding carboxylic acids is 1.